The zero-order valence-corrected chi connectivity index (χ0v) is 9.63. The number of rotatable bonds is 2. The van der Waals surface area contributed by atoms with Crippen molar-refractivity contribution in [1.29, 1.82) is 0 Å². The fraction of sp³-hybridized carbons (Fsp3) is 0.500. The van der Waals surface area contributed by atoms with Gasteiger partial charge in [-0.3, -0.25) is 10.1 Å². The third-order valence-electron chi connectivity index (χ3n) is 3.05. The molecule has 0 bridgehead atoms. The molecule has 5 heteroatoms. The topological polar surface area (TPSA) is 72.6 Å². The van der Waals surface area contributed by atoms with Crippen molar-refractivity contribution in [3.8, 4) is 0 Å². The van der Waals surface area contributed by atoms with Crippen LogP contribution in [0.1, 0.15) is 30.1 Å². The Balaban J connectivity index is 2.22. The molecule has 2 unspecified atom stereocenters. The number of nitro groups is 1. The highest BCUT2D eigenvalue weighted by molar-refractivity contribution is 5.42. The molecule has 0 aromatic heterocycles. The van der Waals surface area contributed by atoms with Gasteiger partial charge in [-0.1, -0.05) is 0 Å². The largest absolute Gasteiger partial charge is 0.393 e. The van der Waals surface area contributed by atoms with Crippen molar-refractivity contribution in [2.24, 2.45) is 0 Å². The Kier molecular flexibility index (Phi) is 3.40. The van der Waals surface area contributed by atoms with E-state index < -0.39 is 4.92 Å². The monoisotopic (exact) mass is 237 g/mol. The highest BCUT2D eigenvalue weighted by Crippen LogP contribution is 2.30. The van der Waals surface area contributed by atoms with Gasteiger partial charge < -0.3 is 9.84 Å². The molecule has 5 nitrogen and oxygen atoms in total. The normalized spacial score (nSPS) is 24.6. The summed E-state index contributed by atoms with van der Waals surface area (Å²) in [5.74, 6) is 0. The predicted octanol–water partition coefficient (Wildman–Crippen LogP) is 2.12. The maximum atomic E-state index is 10.7. The summed E-state index contributed by atoms with van der Waals surface area (Å²) >= 11 is 0. The summed E-state index contributed by atoms with van der Waals surface area (Å²) in [5.41, 5.74) is 1.63. The first-order chi connectivity index (χ1) is 8.08. The van der Waals surface area contributed by atoms with Crippen LogP contribution in [-0.4, -0.2) is 22.7 Å². The summed E-state index contributed by atoms with van der Waals surface area (Å²) in [6, 6.07) is 4.96. The molecule has 1 aliphatic heterocycles. The van der Waals surface area contributed by atoms with E-state index in [0.29, 0.717) is 25.0 Å². The highest BCUT2D eigenvalue weighted by Gasteiger charge is 2.23. The quantitative estimate of drug-likeness (QED) is 0.631. The van der Waals surface area contributed by atoms with Gasteiger partial charge in [0.1, 0.15) is 0 Å². The van der Waals surface area contributed by atoms with Crippen LogP contribution in [-0.2, 0) is 4.74 Å². The smallest absolute Gasteiger partial charge is 0.272 e. The lowest BCUT2D eigenvalue weighted by Gasteiger charge is -2.26. The van der Waals surface area contributed by atoms with E-state index in [1.807, 2.05) is 0 Å². The van der Waals surface area contributed by atoms with Gasteiger partial charge in [-0.05, 0) is 31.0 Å². The van der Waals surface area contributed by atoms with E-state index in [-0.39, 0.29) is 17.9 Å². The molecule has 0 radical (unpaired) electrons. The van der Waals surface area contributed by atoms with E-state index in [4.69, 9.17) is 4.74 Å². The zero-order chi connectivity index (χ0) is 12.4. The molecule has 1 heterocycles. The Morgan fingerprint density at radius 3 is 2.88 bits per heavy atom. The van der Waals surface area contributed by atoms with Crippen LogP contribution in [0.4, 0.5) is 5.69 Å². The van der Waals surface area contributed by atoms with E-state index in [0.717, 1.165) is 5.56 Å². The van der Waals surface area contributed by atoms with Gasteiger partial charge in [0.2, 0.25) is 0 Å². The number of aliphatic hydroxyl groups is 1. The summed E-state index contributed by atoms with van der Waals surface area (Å²) < 4.78 is 5.56. The van der Waals surface area contributed by atoms with Crippen molar-refractivity contribution in [1.82, 2.24) is 0 Å². The molecule has 1 fully saturated rings. The van der Waals surface area contributed by atoms with Gasteiger partial charge in [0.25, 0.3) is 5.69 Å². The third-order valence-corrected chi connectivity index (χ3v) is 3.05. The van der Waals surface area contributed by atoms with E-state index in [1.165, 1.54) is 6.07 Å². The van der Waals surface area contributed by atoms with Gasteiger partial charge in [0.15, 0.2) is 0 Å². The van der Waals surface area contributed by atoms with E-state index >= 15 is 0 Å². The van der Waals surface area contributed by atoms with Crippen LogP contribution in [0.3, 0.4) is 0 Å². The van der Waals surface area contributed by atoms with Crippen LogP contribution in [0.15, 0.2) is 18.2 Å². The first-order valence-electron chi connectivity index (χ1n) is 5.62. The molecular formula is C12H15NO4. The summed E-state index contributed by atoms with van der Waals surface area (Å²) in [4.78, 5) is 10.3. The number of ether oxygens (including phenoxy) is 1. The Hall–Kier alpha value is -1.46. The first kappa shape index (κ1) is 12.0. The maximum absolute atomic E-state index is 10.7. The van der Waals surface area contributed by atoms with Crippen LogP contribution >= 0.6 is 0 Å². The number of nitro benzene ring substituents is 1. The molecule has 2 rings (SSSR count). The van der Waals surface area contributed by atoms with Crippen LogP contribution in [0.5, 0.6) is 0 Å². The molecule has 0 aliphatic carbocycles. The fourth-order valence-corrected chi connectivity index (χ4v) is 2.10. The van der Waals surface area contributed by atoms with Gasteiger partial charge in [0.05, 0.1) is 17.1 Å². The second-order valence-corrected chi connectivity index (χ2v) is 4.34. The summed E-state index contributed by atoms with van der Waals surface area (Å²) in [7, 11) is 0. The van der Waals surface area contributed by atoms with E-state index in [1.54, 1.807) is 19.1 Å². The number of hydrogen-bond donors (Lipinski definition) is 1. The molecule has 0 spiro atoms. The van der Waals surface area contributed by atoms with Crippen molar-refractivity contribution in [3.63, 3.8) is 0 Å². The van der Waals surface area contributed by atoms with Gasteiger partial charge in [-0.25, -0.2) is 0 Å². The lowest BCUT2D eigenvalue weighted by Crippen LogP contribution is -2.23. The molecule has 1 aromatic rings. The zero-order valence-electron chi connectivity index (χ0n) is 9.63. The standard InChI is InChI=1S/C12H15NO4/c1-8-6-9(2-3-11(8)13(15)16)12-7-10(14)4-5-17-12/h2-3,6,10,12,14H,4-5,7H2,1H3. The SMILES string of the molecule is Cc1cc(C2CC(O)CCO2)ccc1[N+](=O)[O-]. The number of hydrogen-bond acceptors (Lipinski definition) is 4. The third kappa shape index (κ3) is 2.62. The molecule has 1 aliphatic rings. The van der Waals surface area contributed by atoms with Gasteiger partial charge in [0, 0.05) is 24.7 Å². The molecule has 1 aromatic carbocycles. The summed E-state index contributed by atoms with van der Waals surface area (Å²) in [6.45, 7) is 2.24. The molecule has 17 heavy (non-hydrogen) atoms. The second-order valence-electron chi connectivity index (χ2n) is 4.34. The highest BCUT2D eigenvalue weighted by atomic mass is 16.6. The predicted molar refractivity (Wildman–Crippen MR) is 61.8 cm³/mol. The molecule has 1 N–H and O–H groups in total. The van der Waals surface area contributed by atoms with Gasteiger partial charge in [-0.15, -0.1) is 0 Å². The number of benzene rings is 1. The van der Waals surface area contributed by atoms with Crippen molar-refractivity contribution in [2.75, 3.05) is 6.61 Å². The Morgan fingerprint density at radius 2 is 2.29 bits per heavy atom. The molecular weight excluding hydrogens is 222 g/mol. The summed E-state index contributed by atoms with van der Waals surface area (Å²) in [5, 5.41) is 20.3. The van der Waals surface area contributed by atoms with Crippen molar-refractivity contribution in [3.05, 3.63) is 39.4 Å². The number of aryl methyl sites for hydroxylation is 1. The minimum Gasteiger partial charge on any atom is -0.393 e. The van der Waals surface area contributed by atoms with E-state index in [2.05, 4.69) is 0 Å². The first-order valence-corrected chi connectivity index (χ1v) is 5.62. The minimum atomic E-state index is -0.393. The van der Waals surface area contributed by atoms with Crippen LogP contribution in [0, 0.1) is 17.0 Å². The average Bonchev–Trinajstić information content (AvgIpc) is 2.28. The Labute approximate surface area is 99.2 Å². The minimum absolute atomic E-state index is 0.116. The second kappa shape index (κ2) is 4.81. The van der Waals surface area contributed by atoms with Crippen LogP contribution < -0.4 is 0 Å². The Bertz CT molecular complexity index is 433. The molecule has 0 amide bonds. The van der Waals surface area contributed by atoms with Crippen LogP contribution in [0.25, 0.3) is 0 Å². The number of aliphatic hydroxyl groups excluding tert-OH is 1. The lowest BCUT2D eigenvalue weighted by atomic mass is 9.97. The van der Waals surface area contributed by atoms with Crippen molar-refractivity contribution in [2.45, 2.75) is 32.0 Å². The molecule has 0 saturated carbocycles. The molecule has 2 atom stereocenters. The molecule has 1 saturated heterocycles. The Morgan fingerprint density at radius 1 is 1.53 bits per heavy atom. The summed E-state index contributed by atoms with van der Waals surface area (Å²) in [6.07, 6.45) is 0.710. The van der Waals surface area contributed by atoms with Crippen molar-refractivity contribution < 1.29 is 14.8 Å². The van der Waals surface area contributed by atoms with Crippen molar-refractivity contribution >= 4 is 5.69 Å². The van der Waals surface area contributed by atoms with Gasteiger partial charge in [-0.2, -0.15) is 0 Å². The average molecular weight is 237 g/mol. The lowest BCUT2D eigenvalue weighted by molar-refractivity contribution is -0.385. The fourth-order valence-electron chi connectivity index (χ4n) is 2.10. The van der Waals surface area contributed by atoms with E-state index in [9.17, 15) is 15.2 Å². The molecule has 92 valence electrons. The maximum Gasteiger partial charge on any atom is 0.272 e. The number of nitrogens with zero attached hydrogens (tertiary/aromatic N) is 1. The van der Waals surface area contributed by atoms with Gasteiger partial charge >= 0.3 is 0 Å². The van der Waals surface area contributed by atoms with Crippen LogP contribution in [0.2, 0.25) is 0 Å².